The summed E-state index contributed by atoms with van der Waals surface area (Å²) in [6.45, 7) is 2.35. The Bertz CT molecular complexity index is 594. The molecule has 0 aromatic carbocycles. The highest BCUT2D eigenvalue weighted by molar-refractivity contribution is 7.90. The first-order valence-electron chi connectivity index (χ1n) is 7.11. The van der Waals surface area contributed by atoms with Crippen LogP contribution in [-0.4, -0.2) is 26.7 Å². The maximum atomic E-state index is 12.4. The van der Waals surface area contributed by atoms with E-state index in [1.165, 1.54) is 12.7 Å². The lowest BCUT2D eigenvalue weighted by Crippen LogP contribution is -2.39. The van der Waals surface area contributed by atoms with Crippen LogP contribution in [0.4, 0.5) is 0 Å². The second kappa shape index (κ2) is 6.89. The van der Waals surface area contributed by atoms with Crippen molar-refractivity contribution in [2.75, 3.05) is 7.11 Å². The molecule has 1 N–H and O–H groups in total. The third kappa shape index (κ3) is 3.64. The Balaban J connectivity index is 2.06. The number of rotatable bonds is 6. The smallest absolute Gasteiger partial charge is 0.310 e. The standard InChI is InChI=1S/C14H21NO4S2/c1-3-10-7-8-20-12(10)9-15-21(17,18)13-6-4-5-11(13)14(16)19-2/h7-8,11,13,15H,3-6,9H2,1-2H3. The molecule has 1 aliphatic carbocycles. The normalized spacial score (nSPS) is 22.4. The van der Waals surface area contributed by atoms with E-state index in [0.717, 1.165) is 17.7 Å². The highest BCUT2D eigenvalue weighted by Crippen LogP contribution is 2.32. The summed E-state index contributed by atoms with van der Waals surface area (Å²) in [5.74, 6) is -0.963. The van der Waals surface area contributed by atoms with E-state index in [0.29, 0.717) is 19.4 Å². The van der Waals surface area contributed by atoms with Crippen LogP contribution in [0.3, 0.4) is 0 Å². The monoisotopic (exact) mass is 331 g/mol. The van der Waals surface area contributed by atoms with Crippen molar-refractivity contribution in [3.63, 3.8) is 0 Å². The molecule has 0 amide bonds. The van der Waals surface area contributed by atoms with Crippen molar-refractivity contribution >= 4 is 27.3 Å². The quantitative estimate of drug-likeness (QED) is 0.810. The first-order chi connectivity index (χ1) is 9.99. The number of nitrogens with one attached hydrogen (secondary N) is 1. The van der Waals surface area contributed by atoms with Crippen LogP contribution >= 0.6 is 11.3 Å². The van der Waals surface area contributed by atoms with Crippen molar-refractivity contribution in [1.29, 1.82) is 0 Å². The Morgan fingerprint density at radius 1 is 1.48 bits per heavy atom. The topological polar surface area (TPSA) is 72.5 Å². The van der Waals surface area contributed by atoms with Crippen LogP contribution in [0.25, 0.3) is 0 Å². The zero-order valence-corrected chi connectivity index (χ0v) is 13.9. The zero-order valence-electron chi connectivity index (χ0n) is 12.3. The van der Waals surface area contributed by atoms with Gasteiger partial charge in [0, 0.05) is 11.4 Å². The molecular weight excluding hydrogens is 310 g/mol. The average molecular weight is 331 g/mol. The first kappa shape index (κ1) is 16.5. The summed E-state index contributed by atoms with van der Waals surface area (Å²) >= 11 is 1.55. The Labute approximate surface area is 129 Å². The van der Waals surface area contributed by atoms with Gasteiger partial charge in [-0.3, -0.25) is 4.79 Å². The van der Waals surface area contributed by atoms with E-state index in [9.17, 15) is 13.2 Å². The van der Waals surface area contributed by atoms with Gasteiger partial charge >= 0.3 is 5.97 Å². The fraction of sp³-hybridized carbons (Fsp3) is 0.643. The van der Waals surface area contributed by atoms with Crippen LogP contribution < -0.4 is 4.72 Å². The molecule has 21 heavy (non-hydrogen) atoms. The highest BCUT2D eigenvalue weighted by atomic mass is 32.2. The first-order valence-corrected chi connectivity index (χ1v) is 9.53. The van der Waals surface area contributed by atoms with Gasteiger partial charge in [0.15, 0.2) is 0 Å². The molecule has 2 rings (SSSR count). The summed E-state index contributed by atoms with van der Waals surface area (Å²) in [6, 6.07) is 2.02. The SMILES string of the molecule is CCc1ccsc1CNS(=O)(=O)C1CCCC1C(=O)OC. The second-order valence-electron chi connectivity index (χ2n) is 5.19. The molecule has 118 valence electrons. The molecule has 0 aliphatic heterocycles. The average Bonchev–Trinajstić information content (AvgIpc) is 3.12. The lowest BCUT2D eigenvalue weighted by Gasteiger charge is -2.18. The molecule has 7 heteroatoms. The van der Waals surface area contributed by atoms with E-state index in [4.69, 9.17) is 4.74 Å². The molecule has 1 aromatic rings. The van der Waals surface area contributed by atoms with Crippen LogP contribution in [0.5, 0.6) is 0 Å². The number of aryl methyl sites for hydroxylation is 1. The fourth-order valence-corrected chi connectivity index (χ4v) is 5.55. The van der Waals surface area contributed by atoms with Crippen LogP contribution in [0.2, 0.25) is 0 Å². The van der Waals surface area contributed by atoms with Crippen molar-refractivity contribution in [3.05, 3.63) is 21.9 Å². The molecule has 1 aliphatic rings. The van der Waals surface area contributed by atoms with Gasteiger partial charge in [-0.05, 0) is 36.3 Å². The van der Waals surface area contributed by atoms with Gasteiger partial charge in [0.25, 0.3) is 0 Å². The van der Waals surface area contributed by atoms with Crippen molar-refractivity contribution < 1.29 is 17.9 Å². The molecule has 2 atom stereocenters. The summed E-state index contributed by atoms with van der Waals surface area (Å²) in [6.07, 6.45) is 2.72. The number of carbonyl (C=O) groups is 1. The largest absolute Gasteiger partial charge is 0.469 e. The highest BCUT2D eigenvalue weighted by Gasteiger charge is 2.42. The summed E-state index contributed by atoms with van der Waals surface area (Å²) in [5.41, 5.74) is 1.17. The van der Waals surface area contributed by atoms with E-state index < -0.39 is 27.2 Å². The number of esters is 1. The number of ether oxygens (including phenoxy) is 1. The maximum absolute atomic E-state index is 12.4. The summed E-state index contributed by atoms with van der Waals surface area (Å²) in [5, 5.41) is 1.30. The third-order valence-corrected chi connectivity index (χ3v) is 6.88. The van der Waals surface area contributed by atoms with Crippen molar-refractivity contribution in [1.82, 2.24) is 4.72 Å². The number of methoxy groups -OCH3 is 1. The Morgan fingerprint density at radius 3 is 2.90 bits per heavy atom. The van der Waals surface area contributed by atoms with Gasteiger partial charge in [0.2, 0.25) is 10.0 Å². The second-order valence-corrected chi connectivity index (χ2v) is 8.17. The number of hydrogen-bond acceptors (Lipinski definition) is 5. The Hall–Kier alpha value is -0.920. The third-order valence-electron chi connectivity index (χ3n) is 4.01. The van der Waals surface area contributed by atoms with E-state index in [-0.39, 0.29) is 0 Å². The summed E-state index contributed by atoms with van der Waals surface area (Å²) < 4.78 is 32.3. The lowest BCUT2D eigenvalue weighted by atomic mass is 10.1. The van der Waals surface area contributed by atoms with Gasteiger partial charge in [0.1, 0.15) is 0 Å². The molecule has 1 aromatic heterocycles. The van der Waals surface area contributed by atoms with Crippen LogP contribution in [-0.2, 0) is 32.5 Å². The molecule has 0 spiro atoms. The van der Waals surface area contributed by atoms with E-state index in [1.54, 1.807) is 11.3 Å². The summed E-state index contributed by atoms with van der Waals surface area (Å²) in [4.78, 5) is 12.7. The Kier molecular flexibility index (Phi) is 5.40. The van der Waals surface area contributed by atoms with Gasteiger partial charge in [-0.2, -0.15) is 0 Å². The number of thiophene rings is 1. The predicted octanol–water partition coefficient (Wildman–Crippen LogP) is 2.07. The van der Waals surface area contributed by atoms with E-state index >= 15 is 0 Å². The van der Waals surface area contributed by atoms with Gasteiger partial charge in [-0.15, -0.1) is 11.3 Å². The molecule has 1 saturated carbocycles. The minimum Gasteiger partial charge on any atom is -0.469 e. The molecule has 0 bridgehead atoms. The van der Waals surface area contributed by atoms with Gasteiger partial charge in [-0.1, -0.05) is 13.3 Å². The molecule has 1 heterocycles. The minimum absolute atomic E-state index is 0.299. The van der Waals surface area contributed by atoms with Crippen molar-refractivity contribution in [2.24, 2.45) is 5.92 Å². The van der Waals surface area contributed by atoms with Gasteiger partial charge in [0.05, 0.1) is 18.3 Å². The van der Waals surface area contributed by atoms with Crippen LogP contribution in [0.15, 0.2) is 11.4 Å². The molecule has 0 saturated heterocycles. The molecular formula is C14H21NO4S2. The van der Waals surface area contributed by atoms with Crippen molar-refractivity contribution in [2.45, 2.75) is 44.4 Å². The van der Waals surface area contributed by atoms with E-state index in [1.807, 2.05) is 18.4 Å². The van der Waals surface area contributed by atoms with Crippen molar-refractivity contribution in [3.8, 4) is 0 Å². The van der Waals surface area contributed by atoms with Gasteiger partial charge < -0.3 is 4.74 Å². The number of hydrogen-bond donors (Lipinski definition) is 1. The van der Waals surface area contributed by atoms with Crippen LogP contribution in [0.1, 0.15) is 36.6 Å². The van der Waals surface area contributed by atoms with Gasteiger partial charge in [-0.25, -0.2) is 13.1 Å². The Morgan fingerprint density at radius 2 is 2.24 bits per heavy atom. The fourth-order valence-electron chi connectivity index (χ4n) is 2.83. The zero-order chi connectivity index (χ0) is 15.5. The maximum Gasteiger partial charge on any atom is 0.310 e. The predicted molar refractivity (Wildman–Crippen MR) is 82.6 cm³/mol. The lowest BCUT2D eigenvalue weighted by molar-refractivity contribution is -0.145. The molecule has 2 unspecified atom stereocenters. The van der Waals surface area contributed by atoms with E-state index in [2.05, 4.69) is 4.72 Å². The number of sulfonamides is 1. The molecule has 1 fully saturated rings. The number of carbonyl (C=O) groups excluding carboxylic acids is 1. The summed E-state index contributed by atoms with van der Waals surface area (Å²) in [7, 11) is -2.21. The molecule has 0 radical (unpaired) electrons. The minimum atomic E-state index is -3.51. The molecule has 5 nitrogen and oxygen atoms in total. The van der Waals surface area contributed by atoms with Crippen LogP contribution in [0, 0.1) is 5.92 Å².